The fourth-order valence-electron chi connectivity index (χ4n) is 8.54. The van der Waals surface area contributed by atoms with E-state index < -0.39 is 0 Å². The first-order valence-electron chi connectivity index (χ1n) is 20.5. The van der Waals surface area contributed by atoms with Gasteiger partial charge in [0, 0.05) is 27.8 Å². The Morgan fingerprint density at radius 1 is 0.233 bits per heavy atom. The maximum Gasteiger partial charge on any atom is 0.135 e. The summed E-state index contributed by atoms with van der Waals surface area (Å²) in [7, 11) is 0. The minimum absolute atomic E-state index is 0.877. The molecule has 0 aliphatic heterocycles. The highest BCUT2D eigenvalue weighted by Gasteiger charge is 2.18. The van der Waals surface area contributed by atoms with Crippen LogP contribution in [0.15, 0.2) is 241 Å². The van der Waals surface area contributed by atoms with Crippen LogP contribution in [0, 0.1) is 0 Å². The standard InChI is InChI=1S/C58H39NO/c1-3-12-40(13-4-1)50-36-51(41-14-5-2-6-15-41)38-54(37-50)59(53-32-33-58-56(39-53)55-20-9-10-21-57(55)60-58)52-30-28-44(29-31-52)43-22-24-45(25-23-43)47-18-11-19-48(34-47)49-27-26-42-16-7-8-17-46(42)35-49/h1-39H. The summed E-state index contributed by atoms with van der Waals surface area (Å²) in [5.41, 5.74) is 16.8. The van der Waals surface area contributed by atoms with Gasteiger partial charge in [0.15, 0.2) is 0 Å². The molecule has 10 aromatic carbocycles. The quantitative estimate of drug-likeness (QED) is 0.153. The highest BCUT2D eigenvalue weighted by Crippen LogP contribution is 2.42. The third-order valence-corrected chi connectivity index (χ3v) is 11.6. The largest absolute Gasteiger partial charge is 0.456 e. The second-order valence-corrected chi connectivity index (χ2v) is 15.4. The van der Waals surface area contributed by atoms with E-state index in [9.17, 15) is 0 Å². The molecule has 0 aliphatic rings. The maximum absolute atomic E-state index is 6.28. The highest BCUT2D eigenvalue weighted by molar-refractivity contribution is 6.06. The molecule has 0 atom stereocenters. The average molecular weight is 766 g/mol. The van der Waals surface area contributed by atoms with Gasteiger partial charge in [0.1, 0.15) is 11.2 Å². The van der Waals surface area contributed by atoms with Crippen molar-refractivity contribution in [3.05, 3.63) is 237 Å². The molecule has 282 valence electrons. The monoisotopic (exact) mass is 765 g/mol. The number of hydrogen-bond acceptors (Lipinski definition) is 2. The number of fused-ring (bicyclic) bond motifs is 4. The molecule has 0 saturated carbocycles. The lowest BCUT2D eigenvalue weighted by molar-refractivity contribution is 0.669. The summed E-state index contributed by atoms with van der Waals surface area (Å²) in [5, 5.41) is 4.71. The molecule has 11 rings (SSSR count). The lowest BCUT2D eigenvalue weighted by Gasteiger charge is -2.27. The minimum atomic E-state index is 0.877. The summed E-state index contributed by atoms with van der Waals surface area (Å²) < 4.78 is 6.28. The van der Waals surface area contributed by atoms with E-state index in [1.807, 2.05) is 12.1 Å². The first-order valence-corrected chi connectivity index (χ1v) is 20.5. The van der Waals surface area contributed by atoms with Gasteiger partial charge in [0.05, 0.1) is 0 Å². The van der Waals surface area contributed by atoms with Crippen LogP contribution in [-0.2, 0) is 0 Å². The molecule has 0 amide bonds. The van der Waals surface area contributed by atoms with Crippen molar-refractivity contribution in [1.82, 2.24) is 0 Å². The molecule has 0 unspecified atom stereocenters. The molecule has 0 radical (unpaired) electrons. The van der Waals surface area contributed by atoms with Gasteiger partial charge >= 0.3 is 0 Å². The Labute approximate surface area is 349 Å². The molecule has 0 fully saturated rings. The Morgan fingerprint density at radius 2 is 0.700 bits per heavy atom. The molecular formula is C58H39NO. The summed E-state index contributed by atoms with van der Waals surface area (Å²) in [6.07, 6.45) is 0. The molecule has 0 N–H and O–H groups in total. The first-order chi connectivity index (χ1) is 29.7. The Hall–Kier alpha value is -7.94. The van der Waals surface area contributed by atoms with Crippen LogP contribution in [0.1, 0.15) is 0 Å². The number of nitrogens with zero attached hydrogens (tertiary/aromatic N) is 1. The molecule has 0 saturated heterocycles. The third-order valence-electron chi connectivity index (χ3n) is 11.6. The van der Waals surface area contributed by atoms with Gasteiger partial charge in [0.2, 0.25) is 0 Å². The zero-order valence-electron chi connectivity index (χ0n) is 32.9. The van der Waals surface area contributed by atoms with Crippen LogP contribution in [0.4, 0.5) is 17.1 Å². The van der Waals surface area contributed by atoms with Crippen LogP contribution in [0.25, 0.3) is 88.3 Å². The van der Waals surface area contributed by atoms with Gasteiger partial charge in [-0.3, -0.25) is 0 Å². The molecule has 0 aliphatic carbocycles. The van der Waals surface area contributed by atoms with E-state index in [1.165, 1.54) is 49.7 Å². The molecule has 60 heavy (non-hydrogen) atoms. The molecule has 2 nitrogen and oxygen atoms in total. The molecule has 0 bridgehead atoms. The summed E-state index contributed by atoms with van der Waals surface area (Å²) >= 11 is 0. The smallest absolute Gasteiger partial charge is 0.135 e. The lowest BCUT2D eigenvalue weighted by atomic mass is 9.96. The second kappa shape index (κ2) is 15.1. The summed E-state index contributed by atoms with van der Waals surface area (Å²) in [5.74, 6) is 0. The second-order valence-electron chi connectivity index (χ2n) is 15.4. The van der Waals surface area contributed by atoms with Crippen LogP contribution in [0.5, 0.6) is 0 Å². The van der Waals surface area contributed by atoms with Gasteiger partial charge in [-0.25, -0.2) is 0 Å². The normalized spacial score (nSPS) is 11.3. The van der Waals surface area contributed by atoms with E-state index in [0.29, 0.717) is 0 Å². The molecule has 0 spiro atoms. The van der Waals surface area contributed by atoms with Crippen LogP contribution in [-0.4, -0.2) is 0 Å². The number of rotatable bonds is 8. The van der Waals surface area contributed by atoms with E-state index in [2.05, 4.69) is 229 Å². The van der Waals surface area contributed by atoms with E-state index >= 15 is 0 Å². The van der Waals surface area contributed by atoms with Gasteiger partial charge in [-0.05, 0) is 133 Å². The van der Waals surface area contributed by atoms with Gasteiger partial charge in [-0.1, -0.05) is 170 Å². The Morgan fingerprint density at radius 3 is 1.40 bits per heavy atom. The molecule has 1 heterocycles. The van der Waals surface area contributed by atoms with E-state index in [0.717, 1.165) is 55.7 Å². The summed E-state index contributed by atoms with van der Waals surface area (Å²) in [4.78, 5) is 2.37. The van der Waals surface area contributed by atoms with Crippen molar-refractivity contribution < 1.29 is 4.42 Å². The number of furan rings is 1. The zero-order chi connectivity index (χ0) is 39.8. The minimum Gasteiger partial charge on any atom is -0.456 e. The number of anilines is 3. The van der Waals surface area contributed by atoms with Crippen LogP contribution in [0.2, 0.25) is 0 Å². The zero-order valence-corrected chi connectivity index (χ0v) is 32.9. The van der Waals surface area contributed by atoms with E-state index in [-0.39, 0.29) is 0 Å². The SMILES string of the molecule is c1ccc(-c2cc(-c3ccccc3)cc(N(c3ccc(-c4ccc(-c5cccc(-c6ccc7ccccc7c6)c5)cc4)cc3)c3ccc4oc5ccccc5c4c3)c2)cc1. The van der Waals surface area contributed by atoms with E-state index in [4.69, 9.17) is 4.42 Å². The number of benzene rings is 10. The van der Waals surface area contributed by atoms with Crippen molar-refractivity contribution in [3.8, 4) is 55.6 Å². The average Bonchev–Trinajstić information content (AvgIpc) is 3.70. The van der Waals surface area contributed by atoms with Gasteiger partial charge in [-0.15, -0.1) is 0 Å². The van der Waals surface area contributed by atoms with Crippen molar-refractivity contribution in [2.24, 2.45) is 0 Å². The van der Waals surface area contributed by atoms with Crippen molar-refractivity contribution in [2.75, 3.05) is 4.90 Å². The fourth-order valence-corrected chi connectivity index (χ4v) is 8.54. The predicted octanol–water partition coefficient (Wildman–Crippen LogP) is 16.5. The maximum atomic E-state index is 6.28. The van der Waals surface area contributed by atoms with Crippen molar-refractivity contribution in [1.29, 1.82) is 0 Å². The van der Waals surface area contributed by atoms with Crippen LogP contribution in [0.3, 0.4) is 0 Å². The van der Waals surface area contributed by atoms with Gasteiger partial charge < -0.3 is 9.32 Å². The van der Waals surface area contributed by atoms with Crippen LogP contribution >= 0.6 is 0 Å². The number of hydrogen-bond donors (Lipinski definition) is 0. The first kappa shape index (κ1) is 35.2. The fraction of sp³-hybridized carbons (Fsp3) is 0. The molecule has 2 heteroatoms. The molecule has 11 aromatic rings. The summed E-state index contributed by atoms with van der Waals surface area (Å²) in [6, 6.07) is 85.0. The molecule has 1 aromatic heterocycles. The van der Waals surface area contributed by atoms with Crippen LogP contribution < -0.4 is 4.90 Å². The third kappa shape index (κ3) is 6.70. The highest BCUT2D eigenvalue weighted by atomic mass is 16.3. The van der Waals surface area contributed by atoms with Gasteiger partial charge in [-0.2, -0.15) is 0 Å². The van der Waals surface area contributed by atoms with E-state index in [1.54, 1.807) is 0 Å². The predicted molar refractivity (Wildman–Crippen MR) is 253 cm³/mol. The van der Waals surface area contributed by atoms with Crippen molar-refractivity contribution in [2.45, 2.75) is 0 Å². The number of para-hydroxylation sites is 1. The topological polar surface area (TPSA) is 16.4 Å². The van der Waals surface area contributed by atoms with Crippen molar-refractivity contribution in [3.63, 3.8) is 0 Å². The molecular weight excluding hydrogens is 727 g/mol. The van der Waals surface area contributed by atoms with Crippen molar-refractivity contribution >= 4 is 49.8 Å². The lowest BCUT2D eigenvalue weighted by Crippen LogP contribution is -2.10. The Kier molecular flexibility index (Phi) is 8.87. The Bertz CT molecular complexity index is 3230. The van der Waals surface area contributed by atoms with Gasteiger partial charge in [0.25, 0.3) is 0 Å². The summed E-state index contributed by atoms with van der Waals surface area (Å²) in [6.45, 7) is 0. The Balaban J connectivity index is 0.973.